The zero-order valence-electron chi connectivity index (χ0n) is 25.7. The molecule has 0 fully saturated rings. The second kappa shape index (κ2) is 15.5. The Labute approximate surface area is 240 Å². The third-order valence-corrected chi connectivity index (χ3v) is 8.53. The van der Waals surface area contributed by atoms with Crippen molar-refractivity contribution in [1.82, 2.24) is 10.3 Å². The summed E-state index contributed by atoms with van der Waals surface area (Å²) in [7, 11) is 1.70. The van der Waals surface area contributed by atoms with Crippen molar-refractivity contribution in [3.05, 3.63) is 35.5 Å². The largest absolute Gasteiger partial charge is 0.481 e. The Morgan fingerprint density at radius 3 is 2.27 bits per heavy atom. The van der Waals surface area contributed by atoms with Crippen molar-refractivity contribution < 1.29 is 24.5 Å². The highest BCUT2D eigenvalue weighted by atomic mass is 16.5. The van der Waals surface area contributed by atoms with Crippen LogP contribution in [0.25, 0.3) is 10.9 Å². The van der Waals surface area contributed by atoms with Crippen LogP contribution in [0.3, 0.4) is 0 Å². The zero-order valence-corrected chi connectivity index (χ0v) is 25.7. The normalized spacial score (nSPS) is 16.7. The van der Waals surface area contributed by atoms with Crippen molar-refractivity contribution in [1.29, 1.82) is 0 Å². The summed E-state index contributed by atoms with van der Waals surface area (Å²) in [5.74, 6) is -1.72. The smallest absolute Gasteiger partial charge is 0.306 e. The molecule has 0 aliphatic carbocycles. The van der Waals surface area contributed by atoms with E-state index in [4.69, 9.17) is 10.5 Å². The zero-order chi connectivity index (χ0) is 30.1. The van der Waals surface area contributed by atoms with Gasteiger partial charge in [-0.2, -0.15) is 0 Å². The van der Waals surface area contributed by atoms with Gasteiger partial charge >= 0.3 is 5.97 Å². The second-order valence-corrected chi connectivity index (χ2v) is 12.5. The van der Waals surface area contributed by atoms with Crippen LogP contribution in [0.4, 0.5) is 0 Å². The predicted molar refractivity (Wildman–Crippen MR) is 161 cm³/mol. The first-order chi connectivity index (χ1) is 18.8. The molecular formula is C32H53N3O5. The number of aliphatic hydroxyl groups is 1. The SMILES string of the molecule is COCCCC(c1ccc2c(C)c[nH]c2c1)[C@@H](C[C@H](NC(=O)C(N)C(C)C)[C@@H](O)C[C@H](C(=O)O)C(C)C)C(C)C. The number of aliphatic carboxylic acids is 1. The molecule has 0 bridgehead atoms. The standard InChI is InChI=1S/C32H53N3O5/c1-18(2)25(24(10-9-13-40-8)22-11-12-23-21(7)17-34-27(23)14-22)15-28(35-31(37)30(33)20(5)6)29(36)16-26(19(3)4)32(38)39/h11-12,14,17-20,24-26,28-30,34,36H,9-10,13,15-16,33H2,1-8H3,(H,35,37)(H,38,39)/t24?,25-,26-,28-,29-,30?/m0/s1. The molecule has 40 heavy (non-hydrogen) atoms. The summed E-state index contributed by atoms with van der Waals surface area (Å²) in [6, 6.07) is 5.21. The Morgan fingerprint density at radius 1 is 1.05 bits per heavy atom. The molecule has 1 amide bonds. The number of nitrogens with two attached hydrogens (primary N) is 1. The number of carboxylic acid groups (broad SMARTS) is 1. The highest BCUT2D eigenvalue weighted by molar-refractivity contribution is 5.83. The number of carbonyl (C=O) groups excluding carboxylic acids is 1. The first-order valence-electron chi connectivity index (χ1n) is 14.8. The molecule has 1 heterocycles. The molecule has 0 aliphatic heterocycles. The first kappa shape index (κ1) is 33.8. The lowest BCUT2D eigenvalue weighted by Crippen LogP contribution is -2.53. The Hall–Kier alpha value is -2.42. The van der Waals surface area contributed by atoms with E-state index in [1.54, 1.807) is 7.11 Å². The monoisotopic (exact) mass is 559 g/mol. The Kier molecular flexibility index (Phi) is 13.1. The van der Waals surface area contributed by atoms with E-state index in [1.807, 2.05) is 33.9 Å². The van der Waals surface area contributed by atoms with Gasteiger partial charge in [-0.3, -0.25) is 9.59 Å². The van der Waals surface area contributed by atoms with E-state index < -0.39 is 30.1 Å². The number of hydrogen-bond acceptors (Lipinski definition) is 5. The van der Waals surface area contributed by atoms with Crippen LogP contribution >= 0.6 is 0 Å². The number of benzene rings is 1. The third-order valence-electron chi connectivity index (χ3n) is 8.53. The van der Waals surface area contributed by atoms with Crippen LogP contribution in [0.1, 0.15) is 84.3 Å². The lowest BCUT2D eigenvalue weighted by Gasteiger charge is -2.37. The number of aliphatic hydroxyl groups excluding tert-OH is 1. The molecule has 0 radical (unpaired) electrons. The quantitative estimate of drug-likeness (QED) is 0.168. The molecule has 2 rings (SSSR count). The number of H-pyrrole nitrogens is 1. The molecule has 8 nitrogen and oxygen atoms in total. The second-order valence-electron chi connectivity index (χ2n) is 12.5. The van der Waals surface area contributed by atoms with Gasteiger partial charge in [0.1, 0.15) is 0 Å². The van der Waals surface area contributed by atoms with Gasteiger partial charge < -0.3 is 31.0 Å². The van der Waals surface area contributed by atoms with Gasteiger partial charge in [0.25, 0.3) is 0 Å². The van der Waals surface area contributed by atoms with Crippen LogP contribution < -0.4 is 11.1 Å². The fourth-order valence-electron chi connectivity index (χ4n) is 5.77. The molecule has 1 aromatic carbocycles. The van der Waals surface area contributed by atoms with Crippen molar-refractivity contribution >= 4 is 22.8 Å². The summed E-state index contributed by atoms with van der Waals surface area (Å²) in [6.07, 6.45) is 3.30. The average Bonchev–Trinajstić information content (AvgIpc) is 3.26. The van der Waals surface area contributed by atoms with E-state index in [9.17, 15) is 19.8 Å². The Bertz CT molecular complexity index is 1080. The molecule has 0 saturated heterocycles. The molecule has 1 aromatic heterocycles. The predicted octanol–water partition coefficient (Wildman–Crippen LogP) is 5.22. The number of ether oxygens (including phenoxy) is 1. The number of nitrogens with one attached hydrogen (secondary N) is 2. The van der Waals surface area contributed by atoms with Crippen molar-refractivity contribution in [3.63, 3.8) is 0 Å². The molecule has 2 aromatic rings. The Morgan fingerprint density at radius 2 is 1.73 bits per heavy atom. The van der Waals surface area contributed by atoms with Gasteiger partial charge in [-0.25, -0.2) is 0 Å². The minimum absolute atomic E-state index is 0.0573. The number of amides is 1. The molecule has 6 N–H and O–H groups in total. The van der Waals surface area contributed by atoms with Crippen LogP contribution in [0, 0.1) is 36.5 Å². The lowest BCUT2D eigenvalue weighted by atomic mass is 9.72. The van der Waals surface area contributed by atoms with Crippen LogP contribution in [0.15, 0.2) is 24.4 Å². The number of carboxylic acids is 1. The lowest BCUT2D eigenvalue weighted by molar-refractivity contribution is -0.144. The maximum atomic E-state index is 13.1. The van der Waals surface area contributed by atoms with E-state index in [2.05, 4.69) is 49.3 Å². The fourth-order valence-corrected chi connectivity index (χ4v) is 5.77. The van der Waals surface area contributed by atoms with Crippen LogP contribution in [0.2, 0.25) is 0 Å². The van der Waals surface area contributed by atoms with Gasteiger partial charge in [-0.05, 0) is 79.4 Å². The third kappa shape index (κ3) is 9.05. The van der Waals surface area contributed by atoms with Crippen LogP contribution in [-0.4, -0.2) is 59.0 Å². The summed E-state index contributed by atoms with van der Waals surface area (Å²) < 4.78 is 5.38. The molecular weight excluding hydrogens is 506 g/mol. The number of methoxy groups -OCH3 is 1. The number of hydrogen-bond donors (Lipinski definition) is 5. The van der Waals surface area contributed by atoms with E-state index >= 15 is 0 Å². The summed E-state index contributed by atoms with van der Waals surface area (Å²) >= 11 is 0. The van der Waals surface area contributed by atoms with E-state index in [-0.39, 0.29) is 41.9 Å². The Balaban J connectivity index is 2.48. The maximum Gasteiger partial charge on any atom is 0.306 e. The van der Waals surface area contributed by atoms with Crippen molar-refractivity contribution in [2.75, 3.05) is 13.7 Å². The minimum Gasteiger partial charge on any atom is -0.481 e. The van der Waals surface area contributed by atoms with Crippen LogP contribution in [0.5, 0.6) is 0 Å². The molecule has 6 atom stereocenters. The fraction of sp³-hybridized carbons (Fsp3) is 0.688. The topological polar surface area (TPSA) is 138 Å². The number of carbonyl (C=O) groups is 2. The highest BCUT2D eigenvalue weighted by Gasteiger charge is 2.35. The summed E-state index contributed by atoms with van der Waals surface area (Å²) in [5.41, 5.74) is 9.66. The van der Waals surface area contributed by atoms with Gasteiger partial charge in [0.05, 0.1) is 24.1 Å². The van der Waals surface area contributed by atoms with Gasteiger partial charge in [-0.1, -0.05) is 53.7 Å². The summed E-state index contributed by atoms with van der Waals surface area (Å²) in [4.78, 5) is 28.5. The van der Waals surface area contributed by atoms with E-state index in [0.717, 1.165) is 18.4 Å². The van der Waals surface area contributed by atoms with Crippen molar-refractivity contribution in [2.45, 2.75) is 98.3 Å². The molecule has 0 aliphatic rings. The van der Waals surface area contributed by atoms with Crippen molar-refractivity contribution in [3.8, 4) is 0 Å². The number of aromatic amines is 1. The van der Waals surface area contributed by atoms with Gasteiger partial charge in [0.2, 0.25) is 5.91 Å². The summed E-state index contributed by atoms with van der Waals surface area (Å²) in [5, 5.41) is 25.5. The molecule has 2 unspecified atom stereocenters. The summed E-state index contributed by atoms with van der Waals surface area (Å²) in [6.45, 7) is 14.5. The maximum absolute atomic E-state index is 13.1. The van der Waals surface area contributed by atoms with Gasteiger partial charge in [0.15, 0.2) is 0 Å². The highest BCUT2D eigenvalue weighted by Crippen LogP contribution is 2.39. The first-order valence-corrected chi connectivity index (χ1v) is 14.8. The van der Waals surface area contributed by atoms with E-state index in [1.165, 1.54) is 16.5 Å². The van der Waals surface area contributed by atoms with E-state index in [0.29, 0.717) is 13.0 Å². The molecule has 226 valence electrons. The number of fused-ring (bicyclic) bond motifs is 1. The van der Waals surface area contributed by atoms with Gasteiger partial charge in [-0.15, -0.1) is 0 Å². The minimum atomic E-state index is -1.03. The molecule has 0 spiro atoms. The molecule has 0 saturated carbocycles. The number of rotatable bonds is 17. The average molecular weight is 560 g/mol. The number of aromatic nitrogens is 1. The molecule has 8 heteroatoms. The number of aryl methyl sites for hydroxylation is 1. The van der Waals surface area contributed by atoms with Crippen LogP contribution in [-0.2, 0) is 14.3 Å². The van der Waals surface area contributed by atoms with Crippen molar-refractivity contribution in [2.24, 2.45) is 35.3 Å². The van der Waals surface area contributed by atoms with Gasteiger partial charge in [0, 0.05) is 30.8 Å².